The van der Waals surface area contributed by atoms with E-state index in [2.05, 4.69) is 20.9 Å². The average molecular weight is 463 g/mol. The van der Waals surface area contributed by atoms with E-state index >= 15 is 0 Å². The summed E-state index contributed by atoms with van der Waals surface area (Å²) in [6, 6.07) is 2.87. The molecule has 0 bridgehead atoms. The second-order valence-electron chi connectivity index (χ2n) is 6.47. The molecule has 9 heteroatoms. The summed E-state index contributed by atoms with van der Waals surface area (Å²) in [5.74, 6) is -0.0925. The lowest BCUT2D eigenvalue weighted by molar-refractivity contribution is -0.139. The van der Waals surface area contributed by atoms with Gasteiger partial charge >= 0.3 is 6.09 Å². The monoisotopic (exact) mass is 461 g/mol. The number of halogens is 2. The third-order valence-electron chi connectivity index (χ3n) is 4.43. The zero-order valence-corrected chi connectivity index (χ0v) is 18.1. The molecule has 1 aliphatic heterocycles. The fraction of sp³-hybridized carbons (Fsp3) is 0.611. The number of amides is 2. The highest BCUT2D eigenvalue weighted by Gasteiger charge is 2.39. The molecule has 0 N–H and O–H groups in total. The molecule has 2 unspecified atom stereocenters. The number of carbonyl (C=O) groups is 2. The normalized spacial score (nSPS) is 19.9. The quantitative estimate of drug-likeness (QED) is 0.477. The molecule has 0 spiro atoms. The summed E-state index contributed by atoms with van der Waals surface area (Å²) >= 11 is 9.44. The van der Waals surface area contributed by atoms with Gasteiger partial charge in [-0.2, -0.15) is 0 Å². The van der Waals surface area contributed by atoms with Crippen molar-refractivity contribution in [2.45, 2.75) is 38.8 Å². The van der Waals surface area contributed by atoms with Crippen molar-refractivity contribution in [1.82, 2.24) is 14.8 Å². The van der Waals surface area contributed by atoms with Gasteiger partial charge in [0.2, 0.25) is 5.91 Å². The fourth-order valence-corrected chi connectivity index (χ4v) is 4.03. The summed E-state index contributed by atoms with van der Waals surface area (Å²) in [5, 5.41) is 0.314. The number of piperazine rings is 1. The predicted molar refractivity (Wildman–Crippen MR) is 106 cm³/mol. The number of methoxy groups -OCH3 is 1. The number of hydrogen-bond donors (Lipinski definition) is 0. The van der Waals surface area contributed by atoms with Crippen LogP contribution in [0.1, 0.15) is 38.3 Å². The van der Waals surface area contributed by atoms with Crippen LogP contribution < -0.4 is 0 Å². The number of carbonyl (C=O) groups excluding carboxylic acids is 2. The number of nitrogens with zero attached hydrogens (tertiary/aromatic N) is 3. The van der Waals surface area contributed by atoms with Gasteiger partial charge in [0.25, 0.3) is 0 Å². The SMILES string of the molecule is CCCCOC(=O)N1CC(COC)N(C(C)=O)C(c2cc(Cl)nc(Br)c2)C1. The van der Waals surface area contributed by atoms with E-state index in [0.717, 1.165) is 18.4 Å². The van der Waals surface area contributed by atoms with E-state index in [1.54, 1.807) is 23.0 Å². The minimum absolute atomic E-state index is 0.0925. The van der Waals surface area contributed by atoms with E-state index < -0.39 is 0 Å². The molecule has 2 amide bonds. The molecule has 2 heterocycles. The van der Waals surface area contributed by atoms with Crippen LogP contribution in [0.2, 0.25) is 5.15 Å². The van der Waals surface area contributed by atoms with Crippen LogP contribution in [-0.4, -0.2) is 66.2 Å². The summed E-state index contributed by atoms with van der Waals surface area (Å²) in [5.41, 5.74) is 0.796. The highest BCUT2D eigenvalue weighted by Crippen LogP contribution is 2.32. The molecule has 1 saturated heterocycles. The van der Waals surface area contributed by atoms with Gasteiger partial charge in [-0.05, 0) is 40.0 Å². The topological polar surface area (TPSA) is 72.0 Å². The van der Waals surface area contributed by atoms with Gasteiger partial charge in [-0.3, -0.25) is 4.79 Å². The largest absolute Gasteiger partial charge is 0.449 e. The van der Waals surface area contributed by atoms with E-state index in [0.29, 0.717) is 36.1 Å². The van der Waals surface area contributed by atoms with Crippen molar-refractivity contribution in [2.75, 3.05) is 33.4 Å². The Balaban J connectivity index is 2.32. The van der Waals surface area contributed by atoms with Crippen molar-refractivity contribution in [3.8, 4) is 0 Å². The summed E-state index contributed by atoms with van der Waals surface area (Å²) in [4.78, 5) is 32.4. The van der Waals surface area contributed by atoms with Gasteiger partial charge in [0.05, 0.1) is 25.3 Å². The van der Waals surface area contributed by atoms with Crippen molar-refractivity contribution >= 4 is 39.5 Å². The third-order valence-corrected chi connectivity index (χ3v) is 5.03. The Kier molecular flexibility index (Phi) is 8.31. The highest BCUT2D eigenvalue weighted by atomic mass is 79.9. The Bertz CT molecular complexity index is 656. The molecule has 0 saturated carbocycles. The first-order valence-corrected chi connectivity index (χ1v) is 10.1. The zero-order valence-electron chi connectivity index (χ0n) is 15.8. The van der Waals surface area contributed by atoms with Crippen LogP contribution >= 0.6 is 27.5 Å². The number of ether oxygens (including phenoxy) is 2. The number of hydrogen-bond acceptors (Lipinski definition) is 5. The second-order valence-corrected chi connectivity index (χ2v) is 7.67. The molecular weight excluding hydrogens is 438 g/mol. The highest BCUT2D eigenvalue weighted by molar-refractivity contribution is 9.10. The van der Waals surface area contributed by atoms with Crippen LogP contribution in [0.15, 0.2) is 16.7 Å². The van der Waals surface area contributed by atoms with Gasteiger partial charge in [0.1, 0.15) is 9.76 Å². The Morgan fingerprint density at radius 2 is 2.11 bits per heavy atom. The van der Waals surface area contributed by atoms with Gasteiger partial charge in [0.15, 0.2) is 0 Å². The molecule has 0 aliphatic carbocycles. The van der Waals surface area contributed by atoms with Crippen molar-refractivity contribution in [3.05, 3.63) is 27.5 Å². The molecule has 7 nitrogen and oxygen atoms in total. The maximum absolute atomic E-state index is 12.5. The van der Waals surface area contributed by atoms with Crippen LogP contribution in [-0.2, 0) is 14.3 Å². The van der Waals surface area contributed by atoms with Crippen molar-refractivity contribution in [3.63, 3.8) is 0 Å². The average Bonchev–Trinajstić information content (AvgIpc) is 2.60. The smallest absolute Gasteiger partial charge is 0.409 e. The number of pyridine rings is 1. The molecular formula is C18H25BrClN3O4. The first kappa shape index (κ1) is 21.9. The molecule has 0 radical (unpaired) electrons. The fourth-order valence-electron chi connectivity index (χ4n) is 3.26. The van der Waals surface area contributed by atoms with Crippen LogP contribution in [0.5, 0.6) is 0 Å². The molecule has 0 aromatic carbocycles. The lowest BCUT2D eigenvalue weighted by atomic mass is 10.00. The molecule has 1 aromatic heterocycles. The van der Waals surface area contributed by atoms with Crippen molar-refractivity contribution in [2.24, 2.45) is 0 Å². The molecule has 1 aliphatic rings. The first-order valence-electron chi connectivity index (χ1n) is 8.89. The number of rotatable bonds is 6. The first-order chi connectivity index (χ1) is 12.9. The van der Waals surface area contributed by atoms with E-state index in [9.17, 15) is 9.59 Å². The summed E-state index contributed by atoms with van der Waals surface area (Å²) in [6.07, 6.45) is 1.39. The minimum atomic E-state index is -0.378. The van der Waals surface area contributed by atoms with Gasteiger partial charge in [-0.15, -0.1) is 0 Å². The van der Waals surface area contributed by atoms with Crippen LogP contribution in [0.25, 0.3) is 0 Å². The molecule has 27 heavy (non-hydrogen) atoms. The van der Waals surface area contributed by atoms with E-state index in [1.807, 2.05) is 13.0 Å². The molecule has 1 aromatic rings. The zero-order chi connectivity index (χ0) is 20.0. The third kappa shape index (κ3) is 5.80. The van der Waals surface area contributed by atoms with Crippen molar-refractivity contribution < 1.29 is 19.1 Å². The lowest BCUT2D eigenvalue weighted by Crippen LogP contribution is -2.59. The maximum atomic E-state index is 12.5. The molecule has 2 atom stereocenters. The molecule has 1 fully saturated rings. The Morgan fingerprint density at radius 1 is 1.37 bits per heavy atom. The lowest BCUT2D eigenvalue weighted by Gasteiger charge is -2.46. The van der Waals surface area contributed by atoms with Crippen molar-refractivity contribution in [1.29, 1.82) is 0 Å². The summed E-state index contributed by atoms with van der Waals surface area (Å²) in [7, 11) is 1.58. The standard InChI is InChI=1S/C18H25BrClN3O4/c1-4-5-6-27-18(25)22-9-14(11-26-3)23(12(2)24)15(10-22)13-7-16(19)21-17(20)8-13/h7-8,14-15H,4-6,9-11H2,1-3H3. The van der Waals surface area contributed by atoms with Crippen LogP contribution in [0.3, 0.4) is 0 Å². The Morgan fingerprint density at radius 3 is 2.70 bits per heavy atom. The van der Waals surface area contributed by atoms with E-state index in [1.165, 1.54) is 6.92 Å². The van der Waals surface area contributed by atoms with Gasteiger partial charge in [-0.25, -0.2) is 9.78 Å². The van der Waals surface area contributed by atoms with Gasteiger partial charge < -0.3 is 19.3 Å². The maximum Gasteiger partial charge on any atom is 0.409 e. The number of aromatic nitrogens is 1. The second kappa shape index (κ2) is 10.2. The van der Waals surface area contributed by atoms with Gasteiger partial charge in [0, 0.05) is 27.1 Å². The van der Waals surface area contributed by atoms with E-state index in [-0.39, 0.29) is 24.1 Å². The van der Waals surface area contributed by atoms with E-state index in [4.69, 9.17) is 21.1 Å². The molecule has 150 valence electrons. The van der Waals surface area contributed by atoms with Crippen LogP contribution in [0, 0.1) is 0 Å². The minimum Gasteiger partial charge on any atom is -0.449 e. The summed E-state index contributed by atoms with van der Waals surface area (Å²) in [6.45, 7) is 4.92. The summed E-state index contributed by atoms with van der Waals surface area (Å²) < 4.78 is 11.2. The van der Waals surface area contributed by atoms with Crippen LogP contribution in [0.4, 0.5) is 4.79 Å². The Labute approximate surface area is 173 Å². The molecule has 2 rings (SSSR count). The Hall–Kier alpha value is -1.38. The number of unbranched alkanes of at least 4 members (excludes halogenated alkanes) is 1. The predicted octanol–water partition coefficient (Wildman–Crippen LogP) is 3.65. The van der Waals surface area contributed by atoms with Gasteiger partial charge in [-0.1, -0.05) is 24.9 Å².